The molecule has 7 nitrogen and oxygen atoms in total. The number of sulfonamides is 1. The number of aryl methyl sites for hydroxylation is 1. The van der Waals surface area contributed by atoms with Crippen molar-refractivity contribution in [3.63, 3.8) is 0 Å². The Balaban J connectivity index is 1.62. The van der Waals surface area contributed by atoms with Crippen molar-refractivity contribution in [2.24, 2.45) is 0 Å². The fourth-order valence-electron chi connectivity index (χ4n) is 2.63. The maximum atomic E-state index is 12.5. The average Bonchev–Trinajstić information content (AvgIpc) is 3.15. The zero-order valence-electron chi connectivity index (χ0n) is 17.0. The van der Waals surface area contributed by atoms with Gasteiger partial charge < -0.3 is 10.1 Å². The number of nitrogens with one attached hydrogen (secondary N) is 1. The van der Waals surface area contributed by atoms with Crippen LogP contribution < -0.4 is 10.1 Å². The molecule has 0 aliphatic carbocycles. The van der Waals surface area contributed by atoms with E-state index in [1.165, 1.54) is 31.5 Å². The molecule has 0 radical (unpaired) electrons. The average molecular weight is 446 g/mol. The Bertz CT molecular complexity index is 1120. The summed E-state index contributed by atoms with van der Waals surface area (Å²) in [7, 11) is -0.774. The SMILES string of the molecule is Cc1ccc(OCc2nc(CC(=O)Nc3ccccc3S(=O)(=O)N(C)C)cs2)cc1. The van der Waals surface area contributed by atoms with Crippen molar-refractivity contribution in [2.75, 3.05) is 19.4 Å². The number of benzene rings is 2. The smallest absolute Gasteiger partial charge is 0.244 e. The Labute approximate surface area is 180 Å². The van der Waals surface area contributed by atoms with Crippen LogP contribution in [-0.2, 0) is 27.8 Å². The van der Waals surface area contributed by atoms with Crippen LogP contribution >= 0.6 is 11.3 Å². The van der Waals surface area contributed by atoms with Crippen LogP contribution in [0.3, 0.4) is 0 Å². The maximum absolute atomic E-state index is 12.5. The zero-order chi connectivity index (χ0) is 21.7. The minimum atomic E-state index is -3.67. The summed E-state index contributed by atoms with van der Waals surface area (Å²) in [5.41, 5.74) is 2.01. The largest absolute Gasteiger partial charge is 0.486 e. The van der Waals surface area contributed by atoms with Crippen molar-refractivity contribution in [3.05, 3.63) is 70.2 Å². The lowest BCUT2D eigenvalue weighted by Crippen LogP contribution is -2.24. The van der Waals surface area contributed by atoms with Crippen LogP contribution in [0.15, 0.2) is 58.8 Å². The standard InChI is InChI=1S/C21H23N3O4S2/c1-15-8-10-17(11-9-15)28-13-21-22-16(14-29-21)12-20(25)23-18-6-4-5-7-19(18)30(26,27)24(2)3/h4-11,14H,12-13H2,1-3H3,(H,23,25). The third-order valence-electron chi connectivity index (χ3n) is 4.24. The molecule has 0 saturated heterocycles. The van der Waals surface area contributed by atoms with E-state index >= 15 is 0 Å². The number of ether oxygens (including phenoxy) is 1. The highest BCUT2D eigenvalue weighted by Crippen LogP contribution is 2.23. The molecule has 9 heteroatoms. The molecule has 1 aromatic heterocycles. The summed E-state index contributed by atoms with van der Waals surface area (Å²) in [4.78, 5) is 16.9. The van der Waals surface area contributed by atoms with Gasteiger partial charge in [0.05, 0.1) is 17.8 Å². The first-order chi connectivity index (χ1) is 14.3. The van der Waals surface area contributed by atoms with Crippen LogP contribution in [0.1, 0.15) is 16.3 Å². The van der Waals surface area contributed by atoms with Crippen molar-refractivity contribution >= 4 is 33.0 Å². The minimum absolute atomic E-state index is 0.0391. The number of para-hydroxylation sites is 1. The number of nitrogens with zero attached hydrogens (tertiary/aromatic N) is 2. The number of rotatable bonds is 8. The van der Waals surface area contributed by atoms with Crippen LogP contribution in [0.25, 0.3) is 0 Å². The summed E-state index contributed by atoms with van der Waals surface area (Å²) in [6, 6.07) is 14.1. The first-order valence-electron chi connectivity index (χ1n) is 9.20. The second-order valence-electron chi connectivity index (χ2n) is 6.84. The molecule has 1 N–H and O–H groups in total. The summed E-state index contributed by atoms with van der Waals surface area (Å²) in [6.07, 6.45) is 0.0391. The molecule has 1 heterocycles. The third-order valence-corrected chi connectivity index (χ3v) is 6.99. The van der Waals surface area contributed by atoms with E-state index in [0.29, 0.717) is 12.3 Å². The molecule has 0 saturated carbocycles. The van der Waals surface area contributed by atoms with Crippen LogP contribution in [0.5, 0.6) is 5.75 Å². The predicted molar refractivity (Wildman–Crippen MR) is 117 cm³/mol. The van der Waals surface area contributed by atoms with Gasteiger partial charge in [-0.15, -0.1) is 11.3 Å². The molecule has 1 amide bonds. The lowest BCUT2D eigenvalue weighted by atomic mass is 10.2. The van der Waals surface area contributed by atoms with Crippen LogP contribution in [0, 0.1) is 6.92 Å². The second kappa shape index (κ2) is 9.38. The Morgan fingerprint density at radius 2 is 1.83 bits per heavy atom. The van der Waals surface area contributed by atoms with Gasteiger partial charge in [-0.05, 0) is 31.2 Å². The van der Waals surface area contributed by atoms with Gasteiger partial charge in [-0.3, -0.25) is 4.79 Å². The summed E-state index contributed by atoms with van der Waals surface area (Å²) in [6.45, 7) is 2.33. The molecular weight excluding hydrogens is 422 g/mol. The van der Waals surface area contributed by atoms with E-state index in [9.17, 15) is 13.2 Å². The zero-order valence-corrected chi connectivity index (χ0v) is 18.6. The quantitative estimate of drug-likeness (QED) is 0.574. The second-order valence-corrected chi connectivity index (χ2v) is 9.91. The van der Waals surface area contributed by atoms with Crippen LogP contribution in [0.4, 0.5) is 5.69 Å². The van der Waals surface area contributed by atoms with E-state index in [2.05, 4.69) is 10.3 Å². The Hall–Kier alpha value is -2.75. The first-order valence-corrected chi connectivity index (χ1v) is 11.5. The van der Waals surface area contributed by atoms with Crippen LogP contribution in [0.2, 0.25) is 0 Å². The van der Waals surface area contributed by atoms with Gasteiger partial charge in [-0.2, -0.15) is 0 Å². The lowest BCUT2D eigenvalue weighted by Gasteiger charge is -2.15. The van der Waals surface area contributed by atoms with Crippen molar-refractivity contribution in [1.29, 1.82) is 0 Å². The van der Waals surface area contributed by atoms with Gasteiger partial charge in [0.25, 0.3) is 0 Å². The molecule has 0 fully saturated rings. The third kappa shape index (κ3) is 5.44. The fourth-order valence-corrected chi connectivity index (χ4v) is 4.37. The number of amides is 1. The molecule has 0 spiro atoms. The number of aromatic nitrogens is 1. The monoisotopic (exact) mass is 445 g/mol. The van der Waals surface area contributed by atoms with Crippen LogP contribution in [-0.4, -0.2) is 37.7 Å². The van der Waals surface area contributed by atoms with Gasteiger partial charge >= 0.3 is 0 Å². The van der Waals surface area contributed by atoms with E-state index in [4.69, 9.17) is 4.74 Å². The van der Waals surface area contributed by atoms with Gasteiger partial charge in [0.2, 0.25) is 15.9 Å². The van der Waals surface area contributed by atoms with Gasteiger partial charge in [-0.25, -0.2) is 17.7 Å². The molecule has 0 unspecified atom stereocenters. The maximum Gasteiger partial charge on any atom is 0.244 e. The van der Waals surface area contributed by atoms with Gasteiger partial charge in [-0.1, -0.05) is 29.8 Å². The highest BCUT2D eigenvalue weighted by Gasteiger charge is 2.22. The molecule has 0 bridgehead atoms. The summed E-state index contributed by atoms with van der Waals surface area (Å²) in [5, 5.41) is 5.24. The van der Waals surface area contributed by atoms with E-state index in [-0.39, 0.29) is 22.9 Å². The number of hydrogen-bond acceptors (Lipinski definition) is 6. The molecule has 158 valence electrons. The molecular formula is C21H23N3O4S2. The number of carbonyl (C=O) groups is 1. The van der Waals surface area contributed by atoms with Crippen molar-refractivity contribution < 1.29 is 17.9 Å². The van der Waals surface area contributed by atoms with Crippen molar-refractivity contribution in [1.82, 2.24) is 9.29 Å². The Morgan fingerprint density at radius 3 is 2.53 bits per heavy atom. The highest BCUT2D eigenvalue weighted by molar-refractivity contribution is 7.89. The Morgan fingerprint density at radius 1 is 1.13 bits per heavy atom. The number of carbonyl (C=O) groups excluding carboxylic acids is 1. The van der Waals surface area contributed by atoms with Gasteiger partial charge in [0.15, 0.2) is 0 Å². The summed E-state index contributed by atoms with van der Waals surface area (Å²) >= 11 is 1.41. The van der Waals surface area contributed by atoms with E-state index < -0.39 is 10.0 Å². The van der Waals surface area contributed by atoms with Crippen molar-refractivity contribution in [2.45, 2.75) is 24.8 Å². The molecule has 30 heavy (non-hydrogen) atoms. The van der Waals surface area contributed by atoms with Gasteiger partial charge in [0, 0.05) is 19.5 Å². The number of hydrogen-bond donors (Lipinski definition) is 1. The number of anilines is 1. The molecule has 0 aliphatic heterocycles. The van der Waals surface area contributed by atoms with Gasteiger partial charge in [0.1, 0.15) is 22.3 Å². The highest BCUT2D eigenvalue weighted by atomic mass is 32.2. The molecule has 2 aromatic carbocycles. The van der Waals surface area contributed by atoms with Crippen molar-refractivity contribution in [3.8, 4) is 5.75 Å². The molecule has 0 aliphatic rings. The predicted octanol–water partition coefficient (Wildman–Crippen LogP) is 3.46. The topological polar surface area (TPSA) is 88.6 Å². The fraction of sp³-hybridized carbons (Fsp3) is 0.238. The summed E-state index contributed by atoms with van der Waals surface area (Å²) in [5.74, 6) is 0.418. The van der Waals surface area contributed by atoms with E-state index in [1.54, 1.807) is 23.6 Å². The molecule has 0 atom stereocenters. The summed E-state index contributed by atoms with van der Waals surface area (Å²) < 4.78 is 31.7. The normalized spacial score (nSPS) is 11.5. The lowest BCUT2D eigenvalue weighted by molar-refractivity contribution is -0.115. The van der Waals surface area contributed by atoms with E-state index in [0.717, 1.165) is 20.6 Å². The number of thiazole rings is 1. The molecule has 3 rings (SSSR count). The molecule has 3 aromatic rings. The minimum Gasteiger partial charge on any atom is -0.486 e. The first kappa shape index (κ1) is 21.9. The Kier molecular flexibility index (Phi) is 6.86. The van der Waals surface area contributed by atoms with E-state index in [1.807, 2.05) is 31.2 Å².